The molecule has 0 amide bonds. The van der Waals surface area contributed by atoms with Gasteiger partial charge in [-0.3, -0.25) is 0 Å². The highest BCUT2D eigenvalue weighted by molar-refractivity contribution is 5.42. The predicted molar refractivity (Wildman–Crippen MR) is 82.3 cm³/mol. The molecule has 0 aromatic carbocycles. The average molecular weight is 292 g/mol. The Morgan fingerprint density at radius 3 is 2.62 bits per heavy atom. The van der Waals surface area contributed by atoms with Gasteiger partial charge < -0.3 is 20.7 Å². The third-order valence-electron chi connectivity index (χ3n) is 4.40. The molecule has 7 nitrogen and oxygen atoms in total. The number of ether oxygens (including phenoxy) is 1. The van der Waals surface area contributed by atoms with Gasteiger partial charge in [0.1, 0.15) is 0 Å². The van der Waals surface area contributed by atoms with Gasteiger partial charge in [-0.15, -0.1) is 0 Å². The Hall–Kier alpha value is -1.63. The molecule has 0 spiro atoms. The van der Waals surface area contributed by atoms with Crippen molar-refractivity contribution < 1.29 is 4.74 Å². The molecule has 0 unspecified atom stereocenters. The molecule has 0 atom stereocenters. The minimum Gasteiger partial charge on any atom is -0.381 e. The number of aromatic nitrogens is 3. The van der Waals surface area contributed by atoms with Crippen LogP contribution in [0.4, 0.5) is 17.8 Å². The van der Waals surface area contributed by atoms with E-state index in [1.54, 1.807) is 0 Å². The zero-order chi connectivity index (χ0) is 14.7. The number of rotatable bonds is 4. The van der Waals surface area contributed by atoms with Gasteiger partial charge in [-0.25, -0.2) is 0 Å². The summed E-state index contributed by atoms with van der Waals surface area (Å²) in [6, 6.07) is 0. The molecule has 3 rings (SSSR count). The van der Waals surface area contributed by atoms with Crippen molar-refractivity contribution in [1.29, 1.82) is 0 Å². The molecule has 7 heteroatoms. The highest BCUT2D eigenvalue weighted by Gasteiger charge is 2.27. The summed E-state index contributed by atoms with van der Waals surface area (Å²) in [5.41, 5.74) is 6.05. The van der Waals surface area contributed by atoms with Gasteiger partial charge >= 0.3 is 0 Å². The van der Waals surface area contributed by atoms with E-state index < -0.39 is 0 Å². The van der Waals surface area contributed by atoms with Crippen molar-refractivity contribution in [2.24, 2.45) is 5.41 Å². The number of hydrogen-bond donors (Lipinski definition) is 2. The van der Waals surface area contributed by atoms with E-state index in [4.69, 9.17) is 10.5 Å². The lowest BCUT2D eigenvalue weighted by Gasteiger charge is -2.33. The molecule has 2 fully saturated rings. The van der Waals surface area contributed by atoms with Crippen LogP contribution in [0.3, 0.4) is 0 Å². The summed E-state index contributed by atoms with van der Waals surface area (Å²) in [6.45, 7) is 6.76. The molecule has 3 N–H and O–H groups in total. The fourth-order valence-electron chi connectivity index (χ4n) is 2.85. The van der Waals surface area contributed by atoms with Crippen molar-refractivity contribution >= 4 is 17.8 Å². The van der Waals surface area contributed by atoms with Crippen LogP contribution in [0.5, 0.6) is 0 Å². The standard InChI is InChI=1S/C14H24N6O/c1-14(4-8-21-9-5-14)10-16-12-17-11(15)18-13(19-12)20-6-2-3-7-20/h2-10H2,1H3,(H3,15,16,17,18,19). The summed E-state index contributed by atoms with van der Waals surface area (Å²) in [6.07, 6.45) is 4.48. The zero-order valence-corrected chi connectivity index (χ0v) is 12.6. The van der Waals surface area contributed by atoms with E-state index in [1.165, 1.54) is 12.8 Å². The Balaban J connectivity index is 1.67. The zero-order valence-electron chi connectivity index (χ0n) is 12.6. The summed E-state index contributed by atoms with van der Waals surface area (Å²) in [7, 11) is 0. The van der Waals surface area contributed by atoms with E-state index >= 15 is 0 Å². The Kier molecular flexibility index (Phi) is 4.10. The van der Waals surface area contributed by atoms with E-state index in [0.29, 0.717) is 11.9 Å². The molecule has 0 bridgehead atoms. The lowest BCUT2D eigenvalue weighted by atomic mass is 9.82. The maximum atomic E-state index is 5.82. The second-order valence-electron chi connectivity index (χ2n) is 6.29. The molecule has 116 valence electrons. The number of hydrogen-bond acceptors (Lipinski definition) is 7. The van der Waals surface area contributed by atoms with Gasteiger partial charge in [-0.2, -0.15) is 15.0 Å². The molecule has 2 aliphatic rings. The van der Waals surface area contributed by atoms with Crippen LogP contribution in [-0.4, -0.2) is 47.8 Å². The van der Waals surface area contributed by atoms with Crippen LogP contribution < -0.4 is 16.0 Å². The van der Waals surface area contributed by atoms with Crippen LogP contribution >= 0.6 is 0 Å². The molecule has 1 aromatic rings. The van der Waals surface area contributed by atoms with Crippen molar-refractivity contribution in [3.8, 4) is 0 Å². The maximum absolute atomic E-state index is 5.82. The summed E-state index contributed by atoms with van der Waals surface area (Å²) in [5.74, 6) is 1.56. The maximum Gasteiger partial charge on any atom is 0.231 e. The van der Waals surface area contributed by atoms with Gasteiger partial charge in [-0.05, 0) is 31.1 Å². The first-order chi connectivity index (χ1) is 10.1. The van der Waals surface area contributed by atoms with Crippen LogP contribution in [0.1, 0.15) is 32.6 Å². The SMILES string of the molecule is CC1(CNc2nc(N)nc(N3CCCC3)n2)CCOCC1. The minimum absolute atomic E-state index is 0.230. The van der Waals surface area contributed by atoms with Crippen molar-refractivity contribution in [2.75, 3.05) is 48.8 Å². The van der Waals surface area contributed by atoms with Gasteiger partial charge in [0.25, 0.3) is 0 Å². The lowest BCUT2D eigenvalue weighted by Crippen LogP contribution is -2.33. The predicted octanol–water partition coefficient (Wildman–Crippen LogP) is 1.28. The van der Waals surface area contributed by atoms with Crippen LogP contribution in [0.15, 0.2) is 0 Å². The molecule has 21 heavy (non-hydrogen) atoms. The topological polar surface area (TPSA) is 89.2 Å². The molecule has 0 aliphatic carbocycles. The third-order valence-corrected chi connectivity index (χ3v) is 4.40. The fraction of sp³-hybridized carbons (Fsp3) is 0.786. The first-order valence-electron chi connectivity index (χ1n) is 7.73. The third kappa shape index (κ3) is 3.53. The Bertz CT molecular complexity index is 482. The largest absolute Gasteiger partial charge is 0.381 e. The number of nitrogens with zero attached hydrogens (tertiary/aromatic N) is 4. The van der Waals surface area contributed by atoms with Crippen molar-refractivity contribution in [1.82, 2.24) is 15.0 Å². The van der Waals surface area contributed by atoms with E-state index in [0.717, 1.165) is 45.7 Å². The first kappa shape index (κ1) is 14.3. The van der Waals surface area contributed by atoms with Gasteiger partial charge in [-0.1, -0.05) is 6.92 Å². The fourth-order valence-corrected chi connectivity index (χ4v) is 2.85. The van der Waals surface area contributed by atoms with E-state index in [2.05, 4.69) is 32.1 Å². The minimum atomic E-state index is 0.230. The lowest BCUT2D eigenvalue weighted by molar-refractivity contribution is 0.0299. The molecular formula is C14H24N6O. The number of anilines is 3. The summed E-state index contributed by atoms with van der Waals surface area (Å²) in [4.78, 5) is 15.1. The van der Waals surface area contributed by atoms with Crippen molar-refractivity contribution in [3.63, 3.8) is 0 Å². The average Bonchev–Trinajstić information content (AvgIpc) is 3.00. The molecule has 0 radical (unpaired) electrons. The Morgan fingerprint density at radius 2 is 1.90 bits per heavy atom. The monoisotopic (exact) mass is 292 g/mol. The first-order valence-corrected chi connectivity index (χ1v) is 7.73. The molecule has 1 aromatic heterocycles. The molecule has 0 saturated carbocycles. The van der Waals surface area contributed by atoms with E-state index in [1.807, 2.05) is 0 Å². The van der Waals surface area contributed by atoms with Crippen molar-refractivity contribution in [3.05, 3.63) is 0 Å². The van der Waals surface area contributed by atoms with Crippen molar-refractivity contribution in [2.45, 2.75) is 32.6 Å². The molecule has 2 saturated heterocycles. The number of nitrogen functional groups attached to an aromatic ring is 1. The Morgan fingerprint density at radius 1 is 1.19 bits per heavy atom. The van der Waals surface area contributed by atoms with Crippen LogP contribution in [0.25, 0.3) is 0 Å². The van der Waals surface area contributed by atoms with Crippen LogP contribution in [0.2, 0.25) is 0 Å². The number of nitrogens with two attached hydrogens (primary N) is 1. The van der Waals surface area contributed by atoms with Gasteiger partial charge in [0.05, 0.1) is 0 Å². The van der Waals surface area contributed by atoms with Gasteiger partial charge in [0.15, 0.2) is 0 Å². The highest BCUT2D eigenvalue weighted by Crippen LogP contribution is 2.29. The molecule has 2 aliphatic heterocycles. The van der Waals surface area contributed by atoms with Crippen LogP contribution in [0, 0.1) is 5.41 Å². The van der Waals surface area contributed by atoms with Gasteiger partial charge in [0.2, 0.25) is 17.8 Å². The summed E-state index contributed by atoms with van der Waals surface area (Å²) >= 11 is 0. The smallest absolute Gasteiger partial charge is 0.231 e. The summed E-state index contributed by atoms with van der Waals surface area (Å²) in [5, 5.41) is 3.34. The second kappa shape index (κ2) is 6.01. The van der Waals surface area contributed by atoms with E-state index in [9.17, 15) is 0 Å². The summed E-state index contributed by atoms with van der Waals surface area (Å²) < 4.78 is 5.43. The van der Waals surface area contributed by atoms with E-state index in [-0.39, 0.29) is 11.4 Å². The molecular weight excluding hydrogens is 268 g/mol. The van der Waals surface area contributed by atoms with Gasteiger partial charge in [0, 0.05) is 32.8 Å². The Labute approximate surface area is 125 Å². The number of nitrogens with one attached hydrogen (secondary N) is 1. The highest BCUT2D eigenvalue weighted by atomic mass is 16.5. The normalized spacial score (nSPS) is 21.5. The molecule has 3 heterocycles. The van der Waals surface area contributed by atoms with Crippen LogP contribution in [-0.2, 0) is 4.74 Å². The second-order valence-corrected chi connectivity index (χ2v) is 6.29. The quantitative estimate of drug-likeness (QED) is 0.864.